The summed E-state index contributed by atoms with van der Waals surface area (Å²) in [5, 5.41) is 13.8. The minimum Gasteiger partial charge on any atom is -0.480 e. The molecular weight excluding hydrogens is 465 g/mol. The van der Waals surface area contributed by atoms with E-state index < -0.39 is 5.82 Å². The molecule has 0 bridgehead atoms. The Labute approximate surface area is 212 Å². The van der Waals surface area contributed by atoms with Crippen molar-refractivity contribution < 1.29 is 9.13 Å². The molecule has 0 radical (unpaired) electrons. The fraction of sp³-hybridized carbons (Fsp3) is 0.640. The molecule has 1 aliphatic carbocycles. The van der Waals surface area contributed by atoms with Gasteiger partial charge in [0.1, 0.15) is 5.94 Å². The van der Waals surface area contributed by atoms with Crippen molar-refractivity contribution in [3.8, 4) is 5.75 Å². The van der Waals surface area contributed by atoms with Crippen molar-refractivity contribution in [1.82, 2.24) is 20.3 Å². The number of halogens is 1. The summed E-state index contributed by atoms with van der Waals surface area (Å²) < 4.78 is 19.9. The molecule has 10 heteroatoms. The van der Waals surface area contributed by atoms with Crippen LogP contribution in [0.25, 0.3) is 0 Å². The van der Waals surface area contributed by atoms with Crippen molar-refractivity contribution in [3.05, 3.63) is 24.0 Å². The molecule has 4 N–H and O–H groups in total. The van der Waals surface area contributed by atoms with Gasteiger partial charge in [0.05, 0.1) is 0 Å². The van der Waals surface area contributed by atoms with Gasteiger partial charge in [-0.05, 0) is 57.0 Å². The van der Waals surface area contributed by atoms with E-state index in [-0.39, 0.29) is 11.8 Å². The van der Waals surface area contributed by atoms with Crippen molar-refractivity contribution in [2.75, 3.05) is 34.7 Å². The fourth-order valence-corrected chi connectivity index (χ4v) is 5.07. The minimum atomic E-state index is -0.424. The number of rotatable bonds is 11. The first-order valence-electron chi connectivity index (χ1n) is 12.9. The van der Waals surface area contributed by atoms with Gasteiger partial charge in [-0.3, -0.25) is 0 Å². The van der Waals surface area contributed by atoms with E-state index in [9.17, 15) is 4.39 Å². The summed E-state index contributed by atoms with van der Waals surface area (Å²) in [6.45, 7) is 3.22. The SMILES string of the molecule is CCC(Nc1nc(Nc2ccc(OCSC)c(F)c2)nc(NC2CCCCCC2)n1)C1CCCN1. The molecule has 2 fully saturated rings. The Morgan fingerprint density at radius 2 is 1.83 bits per heavy atom. The molecule has 192 valence electrons. The lowest BCUT2D eigenvalue weighted by molar-refractivity contribution is 0.368. The zero-order valence-electron chi connectivity index (χ0n) is 20.8. The van der Waals surface area contributed by atoms with Gasteiger partial charge in [-0.15, -0.1) is 11.8 Å². The number of hydrogen-bond donors (Lipinski definition) is 4. The molecule has 2 aliphatic rings. The standard InChI is InChI=1S/C25H38FN7OS/c1-3-20(21-11-8-14-27-21)30-25-32-23(28-17-9-6-4-5-7-10-17)31-24(33-25)29-18-12-13-22(19(26)15-18)34-16-35-2/h12-13,15,17,20-21,27H,3-11,14,16H2,1-2H3,(H3,28,29,30,31,32,33). The normalized spacial score (nSPS) is 19.7. The van der Waals surface area contributed by atoms with Crippen LogP contribution in [0.4, 0.5) is 27.9 Å². The molecule has 35 heavy (non-hydrogen) atoms. The number of benzene rings is 1. The maximum absolute atomic E-state index is 14.5. The number of hydrogen-bond acceptors (Lipinski definition) is 9. The molecule has 1 aromatic heterocycles. The van der Waals surface area contributed by atoms with Crippen LogP contribution >= 0.6 is 11.8 Å². The van der Waals surface area contributed by atoms with Crippen LogP contribution in [0, 0.1) is 5.82 Å². The molecule has 2 heterocycles. The van der Waals surface area contributed by atoms with Crippen molar-refractivity contribution >= 4 is 35.3 Å². The first-order chi connectivity index (χ1) is 17.1. The van der Waals surface area contributed by atoms with Gasteiger partial charge in [0.2, 0.25) is 17.8 Å². The number of ether oxygens (including phenoxy) is 1. The summed E-state index contributed by atoms with van der Waals surface area (Å²) in [6.07, 6.45) is 12.4. The average Bonchev–Trinajstić information content (AvgIpc) is 3.27. The number of aromatic nitrogens is 3. The van der Waals surface area contributed by atoms with Crippen LogP contribution in [-0.4, -0.2) is 51.8 Å². The Bertz CT molecular complexity index is 936. The molecule has 8 nitrogen and oxygen atoms in total. The maximum Gasteiger partial charge on any atom is 0.233 e. The number of anilines is 4. The molecule has 4 rings (SSSR count). The lowest BCUT2D eigenvalue weighted by atomic mass is 10.0. The third kappa shape index (κ3) is 7.57. The molecule has 2 unspecified atom stereocenters. The van der Waals surface area contributed by atoms with E-state index in [1.165, 1.54) is 49.9 Å². The summed E-state index contributed by atoms with van der Waals surface area (Å²) >= 11 is 1.50. The molecule has 2 atom stereocenters. The highest BCUT2D eigenvalue weighted by Crippen LogP contribution is 2.26. The second kappa shape index (κ2) is 13.1. The zero-order valence-corrected chi connectivity index (χ0v) is 21.6. The minimum absolute atomic E-state index is 0.226. The summed E-state index contributed by atoms with van der Waals surface area (Å²) in [5.74, 6) is 1.66. The molecule has 1 saturated carbocycles. The molecule has 1 aliphatic heterocycles. The summed E-state index contributed by atoms with van der Waals surface area (Å²) in [7, 11) is 0. The van der Waals surface area contributed by atoms with E-state index in [0.717, 1.165) is 32.2 Å². The molecular formula is C25H38FN7OS. The Kier molecular flexibility index (Phi) is 9.65. The monoisotopic (exact) mass is 503 g/mol. The highest BCUT2D eigenvalue weighted by molar-refractivity contribution is 7.98. The van der Waals surface area contributed by atoms with E-state index >= 15 is 0 Å². The first kappa shape index (κ1) is 25.8. The molecule has 1 saturated heterocycles. The summed E-state index contributed by atoms with van der Waals surface area (Å²) in [5.41, 5.74) is 0.557. The van der Waals surface area contributed by atoms with Crippen molar-refractivity contribution in [3.63, 3.8) is 0 Å². The fourth-order valence-electron chi connectivity index (χ4n) is 4.82. The Balaban J connectivity index is 1.54. The van der Waals surface area contributed by atoms with Crippen molar-refractivity contribution in [2.45, 2.75) is 82.8 Å². The van der Waals surface area contributed by atoms with Gasteiger partial charge in [-0.1, -0.05) is 32.6 Å². The van der Waals surface area contributed by atoms with E-state index in [4.69, 9.17) is 9.72 Å². The van der Waals surface area contributed by atoms with Crippen molar-refractivity contribution in [2.24, 2.45) is 0 Å². The highest BCUT2D eigenvalue weighted by Gasteiger charge is 2.24. The Morgan fingerprint density at radius 1 is 1.06 bits per heavy atom. The van der Waals surface area contributed by atoms with Crippen LogP contribution in [0.1, 0.15) is 64.7 Å². The Hall–Kier alpha value is -2.33. The predicted molar refractivity (Wildman–Crippen MR) is 142 cm³/mol. The van der Waals surface area contributed by atoms with Gasteiger partial charge in [-0.25, -0.2) is 4.39 Å². The summed E-state index contributed by atoms with van der Waals surface area (Å²) in [6, 6.07) is 5.77. The van der Waals surface area contributed by atoms with Gasteiger partial charge in [0.25, 0.3) is 0 Å². The van der Waals surface area contributed by atoms with Crippen molar-refractivity contribution in [1.29, 1.82) is 0 Å². The smallest absolute Gasteiger partial charge is 0.233 e. The average molecular weight is 504 g/mol. The van der Waals surface area contributed by atoms with Crippen LogP contribution in [0.5, 0.6) is 5.75 Å². The van der Waals surface area contributed by atoms with Gasteiger partial charge >= 0.3 is 0 Å². The van der Waals surface area contributed by atoms with Crippen LogP contribution in [0.2, 0.25) is 0 Å². The number of nitrogens with one attached hydrogen (secondary N) is 4. The molecule has 0 amide bonds. The molecule has 1 aromatic carbocycles. The van der Waals surface area contributed by atoms with Gasteiger partial charge < -0.3 is 26.0 Å². The second-order valence-corrected chi connectivity index (χ2v) is 10.1. The highest BCUT2D eigenvalue weighted by atomic mass is 32.2. The first-order valence-corrected chi connectivity index (χ1v) is 14.2. The summed E-state index contributed by atoms with van der Waals surface area (Å²) in [4.78, 5) is 14.0. The Morgan fingerprint density at radius 3 is 2.51 bits per heavy atom. The van der Waals surface area contributed by atoms with E-state index in [2.05, 4.69) is 38.2 Å². The maximum atomic E-state index is 14.5. The van der Waals surface area contributed by atoms with Crippen LogP contribution < -0.4 is 26.0 Å². The van der Waals surface area contributed by atoms with Gasteiger partial charge in [0, 0.05) is 29.9 Å². The second-order valence-electron chi connectivity index (χ2n) is 9.32. The lowest BCUT2D eigenvalue weighted by Crippen LogP contribution is -2.40. The largest absolute Gasteiger partial charge is 0.480 e. The predicted octanol–water partition coefficient (Wildman–Crippen LogP) is 5.53. The third-order valence-electron chi connectivity index (χ3n) is 6.68. The lowest BCUT2D eigenvalue weighted by Gasteiger charge is -2.24. The van der Waals surface area contributed by atoms with Gasteiger partial charge in [0.15, 0.2) is 11.6 Å². The third-order valence-corrected chi connectivity index (χ3v) is 7.04. The van der Waals surface area contributed by atoms with E-state index in [0.29, 0.717) is 41.6 Å². The number of nitrogens with zero attached hydrogens (tertiary/aromatic N) is 3. The van der Waals surface area contributed by atoms with Crippen LogP contribution in [-0.2, 0) is 0 Å². The molecule has 0 spiro atoms. The molecule has 2 aromatic rings. The topological polar surface area (TPSA) is 96.0 Å². The van der Waals surface area contributed by atoms with Gasteiger partial charge in [-0.2, -0.15) is 15.0 Å². The van der Waals surface area contributed by atoms with E-state index in [1.807, 2.05) is 6.26 Å². The quantitative estimate of drug-likeness (QED) is 0.233. The zero-order chi connectivity index (χ0) is 24.5. The van der Waals surface area contributed by atoms with Crippen LogP contribution in [0.15, 0.2) is 18.2 Å². The van der Waals surface area contributed by atoms with Crippen LogP contribution in [0.3, 0.4) is 0 Å². The van der Waals surface area contributed by atoms with E-state index in [1.54, 1.807) is 12.1 Å². The number of thioether (sulfide) groups is 1.